The number of hydrogen-bond donors (Lipinski definition) is 3. The minimum atomic E-state index is -0.671. The van der Waals surface area contributed by atoms with Crippen molar-refractivity contribution in [2.45, 2.75) is 76.4 Å². The van der Waals surface area contributed by atoms with Crippen LogP contribution < -0.4 is 5.32 Å². The van der Waals surface area contributed by atoms with Gasteiger partial charge in [-0.1, -0.05) is 48.5 Å². The lowest BCUT2D eigenvalue weighted by molar-refractivity contribution is -0.137. The number of H-pyrrole nitrogens is 2. The number of aromatic nitrogens is 4. The number of imidazole rings is 2. The summed E-state index contributed by atoms with van der Waals surface area (Å²) in [4.78, 5) is 60.1. The number of nitrogens with zero attached hydrogens (tertiary/aromatic N) is 4. The monoisotopic (exact) mass is 762 g/mol. The van der Waals surface area contributed by atoms with Crippen molar-refractivity contribution in [2.75, 3.05) is 46.6 Å². The number of benzene rings is 2. The smallest absolute Gasteiger partial charge is 0.407 e. The molecule has 3 N–H and O–H groups in total. The quantitative estimate of drug-likeness (QED) is 0.163. The Hall–Kier alpha value is -5.01. The number of alkyl carbamates (subject to hydrolysis) is 1. The Balaban J connectivity index is 0.908. The van der Waals surface area contributed by atoms with E-state index in [9.17, 15) is 14.4 Å². The summed E-state index contributed by atoms with van der Waals surface area (Å²) in [6.07, 6.45) is 9.92. The summed E-state index contributed by atoms with van der Waals surface area (Å²) in [5, 5.41) is 2.82. The molecule has 2 aromatic heterocycles. The summed E-state index contributed by atoms with van der Waals surface area (Å²) in [6.45, 7) is 5.94. The molecule has 56 heavy (non-hydrogen) atoms. The molecule has 0 aliphatic carbocycles. The molecule has 4 aliphatic heterocycles. The van der Waals surface area contributed by atoms with Crippen molar-refractivity contribution < 1.29 is 28.6 Å². The molecule has 6 heterocycles. The molecule has 295 valence electrons. The summed E-state index contributed by atoms with van der Waals surface area (Å²) in [6, 6.07) is 15.8. The summed E-state index contributed by atoms with van der Waals surface area (Å²) < 4.78 is 15.9. The fraction of sp³-hybridized carbons (Fsp3) is 0.488. The second kappa shape index (κ2) is 17.0. The van der Waals surface area contributed by atoms with Crippen LogP contribution in [-0.2, 0) is 23.8 Å². The Morgan fingerprint density at radius 3 is 2.04 bits per heavy atom. The first kappa shape index (κ1) is 37.9. The van der Waals surface area contributed by atoms with E-state index in [2.05, 4.69) is 63.8 Å². The molecule has 0 spiro atoms. The van der Waals surface area contributed by atoms with Gasteiger partial charge in [-0.25, -0.2) is 14.8 Å². The second-order valence-electron chi connectivity index (χ2n) is 15.5. The molecule has 0 bridgehead atoms. The summed E-state index contributed by atoms with van der Waals surface area (Å²) in [5.74, 6) is 2.86. The zero-order valence-corrected chi connectivity index (χ0v) is 32.3. The van der Waals surface area contributed by atoms with E-state index in [1.165, 1.54) is 7.11 Å². The molecule has 13 heteroatoms. The number of rotatable bonds is 10. The van der Waals surface area contributed by atoms with Crippen molar-refractivity contribution in [3.8, 4) is 33.6 Å². The van der Waals surface area contributed by atoms with Crippen LogP contribution in [0.2, 0.25) is 0 Å². The lowest BCUT2D eigenvalue weighted by Gasteiger charge is -2.34. The van der Waals surface area contributed by atoms with Gasteiger partial charge in [0.05, 0.1) is 42.7 Å². The van der Waals surface area contributed by atoms with E-state index in [0.717, 1.165) is 109 Å². The molecule has 4 aliphatic rings. The van der Waals surface area contributed by atoms with Crippen molar-refractivity contribution >= 4 is 17.9 Å². The molecular formula is C43H52N7O6. The molecule has 4 aromatic rings. The highest BCUT2D eigenvalue weighted by Gasteiger charge is 2.40. The molecule has 8 rings (SSSR count). The van der Waals surface area contributed by atoms with Gasteiger partial charge in [0, 0.05) is 51.3 Å². The van der Waals surface area contributed by atoms with Crippen LogP contribution in [0.15, 0.2) is 60.9 Å². The SMILES string of the molecule is COC(=O)NC(C(=O)N1CCC[C@H]1c1ncc(-c2ccc(-c3ccc(-c4c[nH]c([C@@H]5CCCN5C(=O)[C](C)C5CCOCC5)n4)cc3)cc2)[nH]1)C1CCOCC1. The highest BCUT2D eigenvalue weighted by atomic mass is 16.5. The van der Waals surface area contributed by atoms with Crippen LogP contribution in [0, 0.1) is 17.8 Å². The molecule has 1 radical (unpaired) electrons. The Labute approximate surface area is 327 Å². The fourth-order valence-corrected chi connectivity index (χ4v) is 8.92. The summed E-state index contributed by atoms with van der Waals surface area (Å²) in [5.41, 5.74) is 5.93. The van der Waals surface area contributed by atoms with Crippen molar-refractivity contribution in [1.29, 1.82) is 0 Å². The third-order valence-electron chi connectivity index (χ3n) is 12.2. The summed E-state index contributed by atoms with van der Waals surface area (Å²) >= 11 is 0. The average molecular weight is 763 g/mol. The fourth-order valence-electron chi connectivity index (χ4n) is 8.92. The van der Waals surface area contributed by atoms with Crippen LogP contribution >= 0.6 is 0 Å². The molecule has 2 aromatic carbocycles. The number of nitrogens with one attached hydrogen (secondary N) is 3. The van der Waals surface area contributed by atoms with Crippen LogP contribution in [0.1, 0.15) is 82.0 Å². The predicted molar refractivity (Wildman–Crippen MR) is 210 cm³/mol. The van der Waals surface area contributed by atoms with Gasteiger partial charge in [-0.15, -0.1) is 0 Å². The van der Waals surface area contributed by atoms with E-state index < -0.39 is 12.1 Å². The van der Waals surface area contributed by atoms with Gasteiger partial charge in [-0.05, 0) is 86.8 Å². The van der Waals surface area contributed by atoms with Gasteiger partial charge in [0.2, 0.25) is 11.8 Å². The molecule has 1 unspecified atom stereocenters. The number of amides is 3. The molecule has 3 atom stereocenters. The lowest BCUT2D eigenvalue weighted by Crippen LogP contribution is -2.53. The first-order valence-corrected chi connectivity index (χ1v) is 20.1. The van der Waals surface area contributed by atoms with Crippen molar-refractivity contribution in [3.63, 3.8) is 0 Å². The van der Waals surface area contributed by atoms with Gasteiger partial charge in [-0.3, -0.25) is 9.59 Å². The summed E-state index contributed by atoms with van der Waals surface area (Å²) in [7, 11) is 1.31. The van der Waals surface area contributed by atoms with Crippen LogP contribution in [0.3, 0.4) is 0 Å². The van der Waals surface area contributed by atoms with Gasteiger partial charge in [-0.2, -0.15) is 0 Å². The number of carbonyl (C=O) groups excluding carboxylic acids is 3. The van der Waals surface area contributed by atoms with Crippen LogP contribution in [0.4, 0.5) is 4.79 Å². The van der Waals surface area contributed by atoms with Gasteiger partial charge in [0.15, 0.2) is 0 Å². The normalized spacial score (nSPS) is 21.4. The van der Waals surface area contributed by atoms with Crippen molar-refractivity contribution in [1.82, 2.24) is 35.1 Å². The number of hydrogen-bond acceptors (Lipinski definition) is 8. The van der Waals surface area contributed by atoms with Gasteiger partial charge in [0.1, 0.15) is 17.7 Å². The molecule has 0 saturated carbocycles. The molecule has 4 saturated heterocycles. The van der Waals surface area contributed by atoms with Crippen molar-refractivity contribution in [3.05, 3.63) is 78.5 Å². The third-order valence-corrected chi connectivity index (χ3v) is 12.2. The Morgan fingerprint density at radius 2 is 1.38 bits per heavy atom. The van der Waals surface area contributed by atoms with E-state index >= 15 is 0 Å². The van der Waals surface area contributed by atoms with E-state index in [1.54, 1.807) is 0 Å². The molecule has 3 amide bonds. The zero-order valence-electron chi connectivity index (χ0n) is 32.3. The molecule has 13 nitrogen and oxygen atoms in total. The number of methoxy groups -OCH3 is 1. The predicted octanol–water partition coefficient (Wildman–Crippen LogP) is 6.63. The lowest BCUT2D eigenvalue weighted by atomic mass is 9.86. The highest BCUT2D eigenvalue weighted by molar-refractivity contribution is 5.90. The maximum atomic E-state index is 13.9. The van der Waals surface area contributed by atoms with E-state index in [4.69, 9.17) is 24.2 Å². The van der Waals surface area contributed by atoms with Gasteiger partial charge < -0.3 is 39.3 Å². The number of ether oxygens (including phenoxy) is 3. The Kier molecular flexibility index (Phi) is 11.5. The van der Waals surface area contributed by atoms with Gasteiger partial charge >= 0.3 is 6.09 Å². The van der Waals surface area contributed by atoms with E-state index in [0.29, 0.717) is 38.5 Å². The number of likely N-dealkylation sites (tertiary alicyclic amines) is 2. The number of aromatic amines is 2. The minimum Gasteiger partial charge on any atom is -0.453 e. The largest absolute Gasteiger partial charge is 0.453 e. The van der Waals surface area contributed by atoms with Crippen LogP contribution in [0.25, 0.3) is 33.6 Å². The molecular weight excluding hydrogens is 711 g/mol. The van der Waals surface area contributed by atoms with Crippen LogP contribution in [-0.4, -0.2) is 100 Å². The first-order valence-electron chi connectivity index (χ1n) is 20.1. The maximum absolute atomic E-state index is 13.9. The van der Waals surface area contributed by atoms with Crippen molar-refractivity contribution in [2.24, 2.45) is 11.8 Å². The van der Waals surface area contributed by atoms with Gasteiger partial charge in [0.25, 0.3) is 0 Å². The third kappa shape index (κ3) is 7.97. The topological polar surface area (TPSA) is 155 Å². The van der Waals surface area contributed by atoms with Crippen LogP contribution in [0.5, 0.6) is 0 Å². The minimum absolute atomic E-state index is 0.0153. The second-order valence-corrected chi connectivity index (χ2v) is 15.5. The molecule has 4 fully saturated rings. The Bertz CT molecular complexity index is 1960. The average Bonchev–Trinajstić information content (AvgIpc) is 4.10. The van der Waals surface area contributed by atoms with E-state index in [1.807, 2.05) is 29.1 Å². The standard InChI is InChI=1S/C43H52N7O6/c1-27(28-15-21-55-22-16-28)41(51)49-19-3-5-36(49)39-44-25-34(46-39)31-11-7-29(8-12-31)30-9-13-32(14-10-30)35-26-45-40(47-35)37-6-4-20-50(37)42(52)38(48-43(53)54-2)33-17-23-56-24-18-33/h7-14,25-26,28,33,36-38H,3-6,15-24H2,1-2H3,(H,44,46)(H,45,47)(H,48,53)/t36-,37-,38?/m0/s1. The van der Waals surface area contributed by atoms with E-state index in [-0.39, 0.29) is 29.8 Å². The maximum Gasteiger partial charge on any atom is 0.407 e. The first-order chi connectivity index (χ1) is 27.4. The highest BCUT2D eigenvalue weighted by Crippen LogP contribution is 2.37. The number of carbonyl (C=O) groups is 3. The zero-order chi connectivity index (χ0) is 38.6. The Morgan fingerprint density at radius 1 is 0.786 bits per heavy atom.